The van der Waals surface area contributed by atoms with Crippen LogP contribution in [0.5, 0.6) is 0 Å². The molecule has 1 fully saturated rings. The lowest BCUT2D eigenvalue weighted by atomic mass is 9.84. The van der Waals surface area contributed by atoms with Crippen LogP contribution in [0, 0.1) is 0 Å². The zero-order valence-corrected chi connectivity index (χ0v) is 12.7. The molecule has 1 atom stereocenters. The van der Waals surface area contributed by atoms with Gasteiger partial charge >= 0.3 is 0 Å². The first-order chi connectivity index (χ1) is 9.90. The van der Waals surface area contributed by atoms with Crippen LogP contribution in [-0.4, -0.2) is 20.7 Å². The minimum absolute atomic E-state index is 0.0115. The summed E-state index contributed by atoms with van der Waals surface area (Å²) in [5.41, 5.74) is 1.56. The Morgan fingerprint density at radius 2 is 2.15 bits per heavy atom. The molecule has 0 amide bonds. The second-order valence-electron chi connectivity index (χ2n) is 5.58. The number of aromatic nitrogens is 2. The third-order valence-corrected chi connectivity index (χ3v) is 6.27. The Kier molecular flexibility index (Phi) is 4.53. The van der Waals surface area contributed by atoms with Crippen LogP contribution in [0.4, 0.5) is 0 Å². The topological polar surface area (TPSA) is 38.0 Å². The summed E-state index contributed by atoms with van der Waals surface area (Å²) < 4.78 is 2.21. The predicted octanol–water partition coefficient (Wildman–Crippen LogP) is 3.92. The molecule has 3 rings (SSSR count). The molecule has 108 valence electrons. The summed E-state index contributed by atoms with van der Waals surface area (Å²) in [4.78, 5) is 5.71. The lowest BCUT2D eigenvalue weighted by Crippen LogP contribution is -2.06. The molecule has 1 unspecified atom stereocenters. The molecule has 0 bridgehead atoms. The van der Waals surface area contributed by atoms with Gasteiger partial charge in [0, 0.05) is 24.7 Å². The lowest BCUT2D eigenvalue weighted by molar-refractivity contribution is 0.288. The number of nitrogens with zero attached hydrogens (tertiary/aromatic N) is 2. The van der Waals surface area contributed by atoms with Gasteiger partial charge in [0.15, 0.2) is 10.3 Å². The van der Waals surface area contributed by atoms with E-state index >= 15 is 0 Å². The molecule has 2 aromatic rings. The Hall–Kier alpha value is -1.13. The van der Waals surface area contributed by atoms with Gasteiger partial charge in [-0.15, -0.1) is 3.97 Å². The van der Waals surface area contributed by atoms with Crippen molar-refractivity contribution in [3.05, 3.63) is 40.6 Å². The summed E-state index contributed by atoms with van der Waals surface area (Å²) in [7, 11) is 0.0115. The van der Waals surface area contributed by atoms with Crippen LogP contribution in [0.3, 0.4) is 0 Å². The number of rotatable bonds is 5. The minimum Gasteiger partial charge on any atom is -0.396 e. The SMILES string of the molecule is OCCCc1c(C2CCCCC2)cc[s+]1-n1ccnc1. The van der Waals surface area contributed by atoms with E-state index in [2.05, 4.69) is 26.6 Å². The third-order valence-electron chi connectivity index (χ3n) is 4.27. The van der Waals surface area contributed by atoms with E-state index in [0.29, 0.717) is 0 Å². The van der Waals surface area contributed by atoms with E-state index < -0.39 is 0 Å². The van der Waals surface area contributed by atoms with Gasteiger partial charge in [-0.05, 0) is 25.2 Å². The molecule has 0 spiro atoms. The predicted molar refractivity (Wildman–Crippen MR) is 83.2 cm³/mol. The zero-order chi connectivity index (χ0) is 13.8. The molecule has 20 heavy (non-hydrogen) atoms. The Morgan fingerprint density at radius 1 is 1.30 bits per heavy atom. The standard InChI is InChI=1S/C16H23N2OS/c19-11-4-7-16-15(14-5-2-1-3-6-14)8-12-20(16)18-10-9-17-13-18/h8-10,12-14,19H,1-7,11H2/q+1. The maximum Gasteiger partial charge on any atom is 0.182 e. The molecule has 3 nitrogen and oxygen atoms in total. The maximum atomic E-state index is 9.18. The first-order valence-electron chi connectivity index (χ1n) is 7.64. The van der Waals surface area contributed by atoms with Crippen molar-refractivity contribution in [2.75, 3.05) is 6.61 Å². The molecule has 0 aromatic carbocycles. The molecule has 1 aliphatic rings. The first-order valence-corrected chi connectivity index (χ1v) is 8.88. The molecule has 0 aliphatic heterocycles. The van der Waals surface area contributed by atoms with Crippen LogP contribution in [0.2, 0.25) is 0 Å². The summed E-state index contributed by atoms with van der Waals surface area (Å²) in [6.07, 6.45) is 14.5. The van der Waals surface area contributed by atoms with Crippen LogP contribution < -0.4 is 0 Å². The van der Waals surface area contributed by atoms with Crippen LogP contribution >= 0.6 is 10.7 Å². The van der Waals surface area contributed by atoms with Gasteiger partial charge in [0.1, 0.15) is 17.0 Å². The zero-order valence-electron chi connectivity index (χ0n) is 11.9. The molecular formula is C16H23N2OS+. The minimum atomic E-state index is 0.0115. The number of hydrogen-bond donors (Lipinski definition) is 1. The van der Waals surface area contributed by atoms with Gasteiger partial charge in [-0.1, -0.05) is 19.3 Å². The molecule has 1 N–H and O–H groups in total. The molecular weight excluding hydrogens is 268 g/mol. The van der Waals surface area contributed by atoms with Crippen LogP contribution in [-0.2, 0) is 6.42 Å². The van der Waals surface area contributed by atoms with Crippen molar-refractivity contribution in [1.82, 2.24) is 8.96 Å². The molecule has 0 radical (unpaired) electrons. The number of imidazole rings is 1. The van der Waals surface area contributed by atoms with Crippen molar-refractivity contribution < 1.29 is 5.11 Å². The Balaban J connectivity index is 1.92. The fourth-order valence-corrected chi connectivity index (χ4v) is 5.27. The van der Waals surface area contributed by atoms with Crippen LogP contribution in [0.15, 0.2) is 30.2 Å². The molecule has 4 heteroatoms. The summed E-state index contributed by atoms with van der Waals surface area (Å²) in [6.45, 7) is 0.280. The maximum absolute atomic E-state index is 9.18. The van der Waals surface area contributed by atoms with Crippen molar-refractivity contribution in [2.24, 2.45) is 0 Å². The monoisotopic (exact) mass is 291 g/mol. The number of aliphatic hydroxyl groups excluding tert-OH is 1. The number of thiophene rings is 1. The molecule has 2 heterocycles. The first kappa shape index (κ1) is 13.8. The van der Waals surface area contributed by atoms with E-state index in [-0.39, 0.29) is 17.3 Å². The molecule has 1 aliphatic carbocycles. The van der Waals surface area contributed by atoms with Crippen molar-refractivity contribution in [3.63, 3.8) is 0 Å². The van der Waals surface area contributed by atoms with Crippen LogP contribution in [0.1, 0.15) is 54.9 Å². The second-order valence-corrected chi connectivity index (χ2v) is 7.40. The van der Waals surface area contributed by atoms with Gasteiger partial charge < -0.3 is 5.11 Å². The van der Waals surface area contributed by atoms with Gasteiger partial charge in [0.25, 0.3) is 0 Å². The Morgan fingerprint density at radius 3 is 2.85 bits per heavy atom. The average Bonchev–Trinajstić information content (AvgIpc) is 3.15. The smallest absolute Gasteiger partial charge is 0.182 e. The van der Waals surface area contributed by atoms with Crippen molar-refractivity contribution in [2.45, 2.75) is 50.9 Å². The largest absolute Gasteiger partial charge is 0.396 e. The van der Waals surface area contributed by atoms with E-state index in [9.17, 15) is 5.11 Å². The molecule has 1 saturated carbocycles. The molecule has 0 saturated heterocycles. The lowest BCUT2D eigenvalue weighted by Gasteiger charge is -2.20. The average molecular weight is 291 g/mol. The van der Waals surface area contributed by atoms with Gasteiger partial charge in [-0.2, -0.15) is 0 Å². The Labute approximate surface area is 123 Å². The highest BCUT2D eigenvalue weighted by atomic mass is 32.2. The highest BCUT2D eigenvalue weighted by Gasteiger charge is 2.27. The van der Waals surface area contributed by atoms with E-state index in [1.807, 2.05) is 12.5 Å². The summed E-state index contributed by atoms with van der Waals surface area (Å²) >= 11 is 0. The summed E-state index contributed by atoms with van der Waals surface area (Å²) in [5.74, 6) is 0.745. The Bertz CT molecular complexity index is 527. The van der Waals surface area contributed by atoms with Gasteiger partial charge in [-0.3, -0.25) is 0 Å². The van der Waals surface area contributed by atoms with Gasteiger partial charge in [0.2, 0.25) is 0 Å². The summed E-state index contributed by atoms with van der Waals surface area (Å²) in [6, 6.07) is 2.35. The summed E-state index contributed by atoms with van der Waals surface area (Å²) in [5, 5.41) is 11.5. The normalized spacial score (nSPS) is 17.6. The van der Waals surface area contributed by atoms with E-state index in [1.54, 1.807) is 5.56 Å². The number of aliphatic hydroxyl groups is 1. The second kappa shape index (κ2) is 6.55. The highest BCUT2D eigenvalue weighted by molar-refractivity contribution is 7.28. The quantitative estimate of drug-likeness (QED) is 0.848. The fourth-order valence-electron chi connectivity index (χ4n) is 3.26. The van der Waals surface area contributed by atoms with Crippen molar-refractivity contribution >= 4 is 10.7 Å². The van der Waals surface area contributed by atoms with E-state index in [0.717, 1.165) is 18.8 Å². The third kappa shape index (κ3) is 2.81. The van der Waals surface area contributed by atoms with Crippen molar-refractivity contribution in [1.29, 1.82) is 0 Å². The fraction of sp³-hybridized carbons (Fsp3) is 0.562. The van der Waals surface area contributed by atoms with Crippen molar-refractivity contribution in [3.8, 4) is 0 Å². The molecule has 2 aromatic heterocycles. The van der Waals surface area contributed by atoms with Gasteiger partial charge in [-0.25, -0.2) is 4.98 Å². The van der Waals surface area contributed by atoms with Gasteiger partial charge in [0.05, 0.1) is 12.4 Å². The van der Waals surface area contributed by atoms with Crippen LogP contribution in [0.25, 0.3) is 0 Å². The highest BCUT2D eigenvalue weighted by Crippen LogP contribution is 2.41. The number of hydrogen-bond acceptors (Lipinski definition) is 2. The van der Waals surface area contributed by atoms with E-state index in [1.165, 1.54) is 37.0 Å². The van der Waals surface area contributed by atoms with E-state index in [4.69, 9.17) is 0 Å².